The highest BCUT2D eigenvalue weighted by Crippen LogP contribution is 2.23. The molecule has 3 heterocycles. The van der Waals surface area contributed by atoms with Crippen LogP contribution in [0, 0.1) is 0 Å². The Bertz CT molecular complexity index is 1320. The zero-order chi connectivity index (χ0) is 27.9. The van der Waals surface area contributed by atoms with Gasteiger partial charge in [-0.05, 0) is 48.5 Å². The molecule has 2 saturated heterocycles. The third-order valence-corrected chi connectivity index (χ3v) is 6.90. The highest BCUT2D eigenvalue weighted by Gasteiger charge is 2.35. The Morgan fingerprint density at radius 1 is 0.900 bits per heavy atom. The molecule has 2 aliphatic heterocycles. The van der Waals surface area contributed by atoms with Gasteiger partial charge in [0.1, 0.15) is 17.5 Å². The number of furan rings is 1. The van der Waals surface area contributed by atoms with Crippen molar-refractivity contribution in [1.29, 1.82) is 0 Å². The quantitative estimate of drug-likeness (QED) is 0.445. The maximum Gasteiger partial charge on any atom is 0.289 e. The molecule has 11 nitrogen and oxygen atoms in total. The van der Waals surface area contributed by atoms with Gasteiger partial charge in [0.05, 0.1) is 19.2 Å². The van der Waals surface area contributed by atoms with Crippen molar-refractivity contribution in [3.8, 4) is 11.5 Å². The van der Waals surface area contributed by atoms with E-state index in [2.05, 4.69) is 10.6 Å². The van der Waals surface area contributed by atoms with E-state index in [0.29, 0.717) is 62.2 Å². The molecule has 2 fully saturated rings. The van der Waals surface area contributed by atoms with Crippen molar-refractivity contribution < 1.29 is 28.3 Å². The molecule has 11 heteroatoms. The zero-order valence-electron chi connectivity index (χ0n) is 22.0. The van der Waals surface area contributed by atoms with Crippen LogP contribution in [0.1, 0.15) is 17.0 Å². The SMILES string of the molecule is O=C(C[C@@H]1C(=O)NCCN1C(=O)CN1CCN(C(=O)c2ccco2)CC1)Nc1ccc(Oc2ccccc2)cc1. The van der Waals surface area contributed by atoms with Gasteiger partial charge in [0.25, 0.3) is 5.91 Å². The molecule has 5 rings (SSSR count). The van der Waals surface area contributed by atoms with E-state index in [1.807, 2.05) is 35.2 Å². The minimum absolute atomic E-state index is 0.108. The number of rotatable bonds is 8. The van der Waals surface area contributed by atoms with Gasteiger partial charge in [-0.3, -0.25) is 24.1 Å². The lowest BCUT2D eigenvalue weighted by Crippen LogP contribution is -2.60. The van der Waals surface area contributed by atoms with E-state index in [0.717, 1.165) is 0 Å². The van der Waals surface area contributed by atoms with Gasteiger partial charge in [-0.25, -0.2) is 0 Å². The fourth-order valence-corrected chi connectivity index (χ4v) is 4.78. The predicted octanol–water partition coefficient (Wildman–Crippen LogP) is 2.19. The van der Waals surface area contributed by atoms with Gasteiger partial charge < -0.3 is 29.6 Å². The first-order valence-electron chi connectivity index (χ1n) is 13.2. The summed E-state index contributed by atoms with van der Waals surface area (Å²) in [6.07, 6.45) is 1.30. The minimum atomic E-state index is -0.899. The molecule has 0 saturated carbocycles. The standard InChI is InChI=1S/C29H31N5O6/c35-26(31-21-8-10-23(11-9-21)40-22-5-2-1-3-6-22)19-24-28(37)30-12-13-34(24)27(36)20-32-14-16-33(17-15-32)29(38)25-7-4-18-39-25/h1-11,18,24H,12-17,19-20H2,(H,30,37)(H,31,35)/t24-/m1/s1. The van der Waals surface area contributed by atoms with Gasteiger partial charge in [-0.15, -0.1) is 0 Å². The number of benzene rings is 2. The van der Waals surface area contributed by atoms with E-state index in [1.54, 1.807) is 41.3 Å². The van der Waals surface area contributed by atoms with Crippen LogP contribution in [0.3, 0.4) is 0 Å². The Kier molecular flexibility index (Phi) is 8.41. The minimum Gasteiger partial charge on any atom is -0.459 e. The molecule has 2 aliphatic rings. The Morgan fingerprint density at radius 2 is 1.62 bits per heavy atom. The van der Waals surface area contributed by atoms with Crippen molar-refractivity contribution in [2.45, 2.75) is 12.5 Å². The van der Waals surface area contributed by atoms with E-state index in [4.69, 9.17) is 9.15 Å². The second-order valence-electron chi connectivity index (χ2n) is 9.63. The van der Waals surface area contributed by atoms with Crippen LogP contribution in [0.4, 0.5) is 5.69 Å². The third kappa shape index (κ3) is 6.67. The topological polar surface area (TPSA) is 124 Å². The van der Waals surface area contributed by atoms with E-state index in [9.17, 15) is 19.2 Å². The van der Waals surface area contributed by atoms with Gasteiger partial charge in [-0.1, -0.05) is 18.2 Å². The maximum absolute atomic E-state index is 13.2. The second-order valence-corrected chi connectivity index (χ2v) is 9.63. The molecule has 0 bridgehead atoms. The molecule has 208 valence electrons. The number of nitrogens with zero attached hydrogens (tertiary/aromatic N) is 3. The summed E-state index contributed by atoms with van der Waals surface area (Å²) in [5.74, 6) is 0.502. The molecule has 1 aromatic heterocycles. The largest absolute Gasteiger partial charge is 0.459 e. The number of hydrogen-bond donors (Lipinski definition) is 2. The fourth-order valence-electron chi connectivity index (χ4n) is 4.78. The zero-order valence-corrected chi connectivity index (χ0v) is 22.0. The number of nitrogens with one attached hydrogen (secondary N) is 2. The van der Waals surface area contributed by atoms with Crippen LogP contribution in [0.25, 0.3) is 0 Å². The molecular formula is C29H31N5O6. The average Bonchev–Trinajstić information content (AvgIpc) is 3.51. The number of anilines is 1. The van der Waals surface area contributed by atoms with Crippen molar-refractivity contribution in [1.82, 2.24) is 20.0 Å². The van der Waals surface area contributed by atoms with Gasteiger partial charge in [-0.2, -0.15) is 0 Å². The monoisotopic (exact) mass is 545 g/mol. The first-order chi connectivity index (χ1) is 19.5. The average molecular weight is 546 g/mol. The summed E-state index contributed by atoms with van der Waals surface area (Å²) in [4.78, 5) is 56.4. The second kappa shape index (κ2) is 12.5. The van der Waals surface area contributed by atoms with E-state index in [-0.39, 0.29) is 36.6 Å². The van der Waals surface area contributed by atoms with Crippen molar-refractivity contribution >= 4 is 29.3 Å². The molecule has 4 amide bonds. The number of hydrogen-bond acceptors (Lipinski definition) is 7. The summed E-state index contributed by atoms with van der Waals surface area (Å²) in [6.45, 7) is 2.74. The van der Waals surface area contributed by atoms with Gasteiger partial charge in [0.15, 0.2) is 5.76 Å². The van der Waals surface area contributed by atoms with Gasteiger partial charge >= 0.3 is 0 Å². The van der Waals surface area contributed by atoms with Crippen LogP contribution in [0.2, 0.25) is 0 Å². The van der Waals surface area contributed by atoms with Gasteiger partial charge in [0.2, 0.25) is 17.7 Å². The number of piperazine rings is 2. The molecular weight excluding hydrogens is 514 g/mol. The number of carbonyl (C=O) groups excluding carboxylic acids is 4. The Labute approximate surface area is 231 Å². The molecule has 2 N–H and O–H groups in total. The number of para-hydroxylation sites is 1. The van der Waals surface area contributed by atoms with E-state index >= 15 is 0 Å². The van der Waals surface area contributed by atoms with Crippen LogP contribution in [-0.2, 0) is 14.4 Å². The smallest absolute Gasteiger partial charge is 0.289 e. The van der Waals surface area contributed by atoms with Crippen molar-refractivity contribution in [3.05, 3.63) is 78.8 Å². The summed E-state index contributed by atoms with van der Waals surface area (Å²) in [7, 11) is 0. The lowest BCUT2D eigenvalue weighted by atomic mass is 10.1. The fraction of sp³-hybridized carbons (Fsp3) is 0.310. The lowest BCUT2D eigenvalue weighted by molar-refractivity contribution is -0.145. The third-order valence-electron chi connectivity index (χ3n) is 6.90. The van der Waals surface area contributed by atoms with Crippen LogP contribution >= 0.6 is 0 Å². The summed E-state index contributed by atoms with van der Waals surface area (Å²) in [5.41, 5.74) is 0.557. The van der Waals surface area contributed by atoms with Crippen LogP contribution in [0.15, 0.2) is 77.4 Å². The Balaban J connectivity index is 1.12. The maximum atomic E-state index is 13.2. The first kappa shape index (κ1) is 26.9. The first-order valence-corrected chi connectivity index (χ1v) is 13.2. The number of amides is 4. The summed E-state index contributed by atoms with van der Waals surface area (Å²) < 4.78 is 11.0. The van der Waals surface area contributed by atoms with E-state index < -0.39 is 6.04 Å². The number of carbonyl (C=O) groups is 4. The highest BCUT2D eigenvalue weighted by atomic mass is 16.5. The molecule has 40 heavy (non-hydrogen) atoms. The molecule has 0 spiro atoms. The summed E-state index contributed by atoms with van der Waals surface area (Å²) in [6, 6.07) is 18.7. The Hall–Kier alpha value is -4.64. The van der Waals surface area contributed by atoms with Crippen molar-refractivity contribution in [2.75, 3.05) is 51.1 Å². The normalized spacial score (nSPS) is 17.7. The molecule has 0 unspecified atom stereocenters. The van der Waals surface area contributed by atoms with Crippen LogP contribution in [-0.4, -0.2) is 90.2 Å². The Morgan fingerprint density at radius 3 is 2.33 bits per heavy atom. The predicted molar refractivity (Wildman–Crippen MR) is 146 cm³/mol. The molecule has 2 aromatic carbocycles. The lowest BCUT2D eigenvalue weighted by Gasteiger charge is -2.38. The highest BCUT2D eigenvalue weighted by molar-refractivity contribution is 5.97. The van der Waals surface area contributed by atoms with Crippen molar-refractivity contribution in [3.63, 3.8) is 0 Å². The van der Waals surface area contributed by atoms with Crippen molar-refractivity contribution in [2.24, 2.45) is 0 Å². The molecule has 0 aliphatic carbocycles. The number of ether oxygens (including phenoxy) is 1. The van der Waals surface area contributed by atoms with E-state index in [1.165, 1.54) is 11.2 Å². The van der Waals surface area contributed by atoms with Crippen LogP contribution in [0.5, 0.6) is 11.5 Å². The van der Waals surface area contributed by atoms with Gasteiger partial charge in [0, 0.05) is 45.0 Å². The summed E-state index contributed by atoms with van der Waals surface area (Å²) >= 11 is 0. The summed E-state index contributed by atoms with van der Waals surface area (Å²) in [5, 5.41) is 5.56. The molecule has 3 aromatic rings. The molecule has 0 radical (unpaired) electrons. The van der Waals surface area contributed by atoms with Crippen LogP contribution < -0.4 is 15.4 Å². The molecule has 1 atom stereocenters.